The third kappa shape index (κ3) is 22.5. The van der Waals surface area contributed by atoms with E-state index in [9.17, 15) is 33.3 Å². The zero-order valence-corrected chi connectivity index (χ0v) is 34.1. The number of nitrogens with one attached hydrogen (secondary N) is 1. The molecule has 0 aliphatic carbocycles. The van der Waals surface area contributed by atoms with E-state index < -0.39 is 35.6 Å². The molecule has 0 bridgehead atoms. The third-order valence-electron chi connectivity index (χ3n) is 7.87. The summed E-state index contributed by atoms with van der Waals surface area (Å²) >= 11 is 0. The number of methoxy groups -OCH3 is 1. The highest BCUT2D eigenvalue weighted by Crippen LogP contribution is 2.29. The summed E-state index contributed by atoms with van der Waals surface area (Å²) in [5.41, 5.74) is 1.02. The van der Waals surface area contributed by atoms with Crippen LogP contribution in [0.4, 0.5) is 8.78 Å². The van der Waals surface area contributed by atoms with Crippen LogP contribution in [-0.4, -0.2) is 49.1 Å². The molecule has 0 aliphatic heterocycles. The van der Waals surface area contributed by atoms with Crippen molar-refractivity contribution in [2.75, 3.05) is 13.7 Å². The highest BCUT2D eigenvalue weighted by atomic mass is 19.3. The van der Waals surface area contributed by atoms with Crippen LogP contribution in [-0.2, 0) is 25.8 Å². The lowest BCUT2D eigenvalue weighted by atomic mass is 10.00. The van der Waals surface area contributed by atoms with Crippen LogP contribution >= 0.6 is 0 Å². The van der Waals surface area contributed by atoms with Gasteiger partial charge in [0.15, 0.2) is 18.1 Å². The molecule has 1 amide bonds. The van der Waals surface area contributed by atoms with Crippen molar-refractivity contribution >= 4 is 24.4 Å². The van der Waals surface area contributed by atoms with Crippen LogP contribution in [0.1, 0.15) is 84.3 Å². The fourth-order valence-electron chi connectivity index (χ4n) is 4.70. The summed E-state index contributed by atoms with van der Waals surface area (Å²) in [7, 11) is 1.39. The van der Waals surface area contributed by atoms with Gasteiger partial charge in [0.2, 0.25) is 6.41 Å². The Kier molecular flexibility index (Phi) is 25.2. The number of hydrogen-bond donors (Lipinski definition) is 1. The second-order valence-electron chi connectivity index (χ2n) is 12.6. The number of benzene rings is 3. The van der Waals surface area contributed by atoms with Crippen molar-refractivity contribution in [1.82, 2.24) is 5.32 Å². The summed E-state index contributed by atoms with van der Waals surface area (Å²) in [6, 6.07) is 18.6. The van der Waals surface area contributed by atoms with Gasteiger partial charge < -0.3 is 29.1 Å². The standard InChI is InChI=1S/C21H20N2O9.C16H22F2O.C7H14/c1-14(22-13-24)21(26)32-18-8-6-15(11-19(18)29-2)7-9-20(25)31-17-5-3-4-16(10-17)12-30-23(27)28;1-3-8-14(4-2)11-12-16(17,18)13-19-15-9-6-5-7-10-15;1-3-5-7-6-4-2/h3-11,13-14H,12H2,1-2H3,(H,22,24);5-7,9-12,14H,3-4,8,13H2,1-2H3;3,5H,4,6-7H2,1-2H3/b9-7+;12-11+;5-3-. The zero-order chi connectivity index (χ0) is 43.2. The van der Waals surface area contributed by atoms with Gasteiger partial charge in [-0.1, -0.05) is 94.7 Å². The summed E-state index contributed by atoms with van der Waals surface area (Å²) in [5, 5.41) is 11.6. The fraction of sp³-hybridized carbons (Fsp3) is 0.386. The van der Waals surface area contributed by atoms with Crippen molar-refractivity contribution in [1.29, 1.82) is 0 Å². The highest BCUT2D eigenvalue weighted by molar-refractivity contribution is 5.89. The first kappa shape index (κ1) is 50.0. The molecule has 316 valence electrons. The Morgan fingerprint density at radius 1 is 0.948 bits per heavy atom. The van der Waals surface area contributed by atoms with Crippen LogP contribution < -0.4 is 24.3 Å². The summed E-state index contributed by atoms with van der Waals surface area (Å²) in [4.78, 5) is 49.0. The van der Waals surface area contributed by atoms with E-state index in [0.717, 1.165) is 25.3 Å². The van der Waals surface area contributed by atoms with Gasteiger partial charge in [0, 0.05) is 6.08 Å². The molecule has 12 nitrogen and oxygen atoms in total. The predicted octanol–water partition coefficient (Wildman–Crippen LogP) is 9.90. The van der Waals surface area contributed by atoms with E-state index in [0.29, 0.717) is 23.3 Å². The first-order valence-corrected chi connectivity index (χ1v) is 19.0. The maximum atomic E-state index is 13.6. The van der Waals surface area contributed by atoms with Gasteiger partial charge in [0.25, 0.3) is 11.0 Å². The minimum atomic E-state index is -2.92. The Bertz CT molecular complexity index is 1750. The van der Waals surface area contributed by atoms with E-state index >= 15 is 0 Å². The lowest BCUT2D eigenvalue weighted by Crippen LogP contribution is -2.36. The van der Waals surface area contributed by atoms with Gasteiger partial charge in [-0.3, -0.25) is 4.79 Å². The number of allylic oxidation sites excluding steroid dienone is 3. The maximum Gasteiger partial charge on any atom is 0.336 e. The quantitative estimate of drug-likeness (QED) is 0.0152. The summed E-state index contributed by atoms with van der Waals surface area (Å²) in [6.07, 6.45) is 16.7. The number of alkyl halides is 2. The average Bonchev–Trinajstić information content (AvgIpc) is 3.21. The van der Waals surface area contributed by atoms with Gasteiger partial charge in [-0.05, 0) is 98.7 Å². The molecular formula is C44H56F2N2O10. The number of halogens is 2. The molecule has 0 saturated carbocycles. The number of para-hydroxylation sites is 1. The minimum Gasteiger partial charge on any atom is -0.493 e. The van der Waals surface area contributed by atoms with Gasteiger partial charge in [-0.15, -0.1) is 10.1 Å². The van der Waals surface area contributed by atoms with Crippen LogP contribution in [0.25, 0.3) is 6.08 Å². The molecule has 1 N–H and O–H groups in total. The normalized spacial score (nSPS) is 12.0. The SMILES string of the molecule is C/C=C\CCCC.CCCC(/C=C/C(F)(F)COc1ccccc1)CC.COc1cc(/C=C/C(=O)Oc2cccc(CO[N+](=O)[O-])c2)ccc1OC(=O)C(C)NC=O. The fourth-order valence-corrected chi connectivity index (χ4v) is 4.70. The molecule has 58 heavy (non-hydrogen) atoms. The Morgan fingerprint density at radius 3 is 2.29 bits per heavy atom. The van der Waals surface area contributed by atoms with Crippen molar-refractivity contribution in [3.05, 3.63) is 124 Å². The van der Waals surface area contributed by atoms with E-state index in [1.54, 1.807) is 54.6 Å². The lowest BCUT2D eigenvalue weighted by Gasteiger charge is -2.15. The molecule has 2 unspecified atom stereocenters. The predicted molar refractivity (Wildman–Crippen MR) is 219 cm³/mol. The van der Waals surface area contributed by atoms with Crippen LogP contribution in [0.3, 0.4) is 0 Å². The van der Waals surface area contributed by atoms with E-state index in [1.807, 2.05) is 13.0 Å². The Morgan fingerprint density at radius 2 is 1.67 bits per heavy atom. The molecule has 0 saturated heterocycles. The largest absolute Gasteiger partial charge is 0.493 e. The molecule has 0 spiro atoms. The van der Waals surface area contributed by atoms with Crippen LogP contribution in [0, 0.1) is 16.0 Å². The van der Waals surface area contributed by atoms with Crippen molar-refractivity contribution in [3.8, 4) is 23.0 Å². The molecular weight excluding hydrogens is 754 g/mol. The summed E-state index contributed by atoms with van der Waals surface area (Å²) in [5.74, 6) is -2.99. The van der Waals surface area contributed by atoms with Crippen LogP contribution in [0.15, 0.2) is 103 Å². The third-order valence-corrected chi connectivity index (χ3v) is 7.87. The van der Waals surface area contributed by atoms with E-state index in [2.05, 4.69) is 43.1 Å². The van der Waals surface area contributed by atoms with Gasteiger partial charge in [0.1, 0.15) is 24.1 Å². The molecule has 0 radical (unpaired) electrons. The van der Waals surface area contributed by atoms with Crippen molar-refractivity contribution in [2.45, 2.75) is 91.7 Å². The van der Waals surface area contributed by atoms with Gasteiger partial charge in [0.05, 0.1) is 7.11 Å². The Balaban J connectivity index is 0.000000543. The van der Waals surface area contributed by atoms with E-state index in [4.69, 9.17) is 18.9 Å². The van der Waals surface area contributed by atoms with Gasteiger partial charge in [-0.25, -0.2) is 9.59 Å². The second-order valence-corrected chi connectivity index (χ2v) is 12.6. The number of carbonyl (C=O) groups excluding carboxylic acids is 3. The number of amides is 1. The van der Waals surface area contributed by atoms with Gasteiger partial charge >= 0.3 is 11.9 Å². The molecule has 3 aromatic carbocycles. The van der Waals surface area contributed by atoms with E-state index in [-0.39, 0.29) is 29.8 Å². The number of carbonyl (C=O) groups is 3. The van der Waals surface area contributed by atoms with E-state index in [1.165, 1.54) is 63.6 Å². The number of ether oxygens (including phenoxy) is 4. The Hall–Kier alpha value is -6.05. The van der Waals surface area contributed by atoms with Crippen molar-refractivity contribution in [3.63, 3.8) is 0 Å². The minimum absolute atomic E-state index is 0.144. The number of nitrogens with zero attached hydrogens (tertiary/aromatic N) is 1. The van der Waals surface area contributed by atoms with Gasteiger partial charge in [-0.2, -0.15) is 8.78 Å². The topological polar surface area (TPSA) is 153 Å². The maximum absolute atomic E-state index is 13.6. The lowest BCUT2D eigenvalue weighted by molar-refractivity contribution is -0.763. The monoisotopic (exact) mass is 810 g/mol. The molecule has 0 aliphatic rings. The summed E-state index contributed by atoms with van der Waals surface area (Å²) < 4.78 is 48.0. The van der Waals surface area contributed by atoms with Crippen molar-refractivity contribution < 1.29 is 52.0 Å². The molecule has 0 heterocycles. The number of unbranched alkanes of at least 4 members (excludes halogenated alkanes) is 2. The highest BCUT2D eigenvalue weighted by Gasteiger charge is 2.26. The number of esters is 2. The first-order valence-electron chi connectivity index (χ1n) is 19.0. The molecule has 3 aromatic rings. The smallest absolute Gasteiger partial charge is 0.336 e. The first-order chi connectivity index (χ1) is 27.8. The number of hydrogen-bond acceptors (Lipinski definition) is 10. The molecule has 14 heteroatoms. The Labute approximate surface area is 340 Å². The molecule has 3 rings (SSSR count). The van der Waals surface area contributed by atoms with Crippen molar-refractivity contribution in [2.24, 2.45) is 5.92 Å². The van der Waals surface area contributed by atoms with Crippen LogP contribution in [0.5, 0.6) is 23.0 Å². The molecule has 0 fully saturated rings. The average molecular weight is 811 g/mol. The number of rotatable bonds is 22. The second kappa shape index (κ2) is 29.2. The molecule has 2 atom stereocenters. The molecule has 0 aromatic heterocycles. The zero-order valence-electron chi connectivity index (χ0n) is 34.1. The summed E-state index contributed by atoms with van der Waals surface area (Å²) in [6.45, 7) is 8.94. The van der Waals surface area contributed by atoms with Crippen LogP contribution in [0.2, 0.25) is 0 Å².